The Morgan fingerprint density at radius 3 is 2.29 bits per heavy atom. The van der Waals surface area contributed by atoms with Gasteiger partial charge in [0.1, 0.15) is 18.0 Å². The SMILES string of the molecule is CC(C)(C)c1cnc(Cn2ccnc(C(C)(C)C)c2=O)o1. The second-order valence-corrected chi connectivity index (χ2v) is 7.33. The van der Waals surface area contributed by atoms with Crippen LogP contribution in [0.4, 0.5) is 0 Å². The standard InChI is InChI=1S/C16H23N3O2/c1-15(2,3)11-9-18-12(21-11)10-19-8-7-17-13(14(19)20)16(4,5)6/h7-9H,10H2,1-6H3. The molecule has 0 aliphatic heterocycles. The summed E-state index contributed by atoms with van der Waals surface area (Å²) in [5.41, 5.74) is 0.0752. The van der Waals surface area contributed by atoms with Crippen LogP contribution >= 0.6 is 0 Å². The Morgan fingerprint density at radius 1 is 1.10 bits per heavy atom. The van der Waals surface area contributed by atoms with Crippen LogP contribution in [-0.4, -0.2) is 14.5 Å². The number of rotatable bonds is 2. The Hall–Kier alpha value is -1.91. The molecule has 0 aliphatic carbocycles. The first kappa shape index (κ1) is 15.5. The van der Waals surface area contributed by atoms with Gasteiger partial charge in [-0.1, -0.05) is 41.5 Å². The third-order valence-electron chi connectivity index (χ3n) is 3.22. The summed E-state index contributed by atoms with van der Waals surface area (Å²) >= 11 is 0. The van der Waals surface area contributed by atoms with Crippen LogP contribution in [0.3, 0.4) is 0 Å². The van der Waals surface area contributed by atoms with Crippen LogP contribution in [0.15, 0.2) is 27.8 Å². The highest BCUT2D eigenvalue weighted by Gasteiger charge is 2.22. The van der Waals surface area contributed by atoms with E-state index in [1.54, 1.807) is 23.2 Å². The van der Waals surface area contributed by atoms with Gasteiger partial charge in [-0.15, -0.1) is 0 Å². The largest absolute Gasteiger partial charge is 0.443 e. The summed E-state index contributed by atoms with van der Waals surface area (Å²) in [5.74, 6) is 1.35. The van der Waals surface area contributed by atoms with Gasteiger partial charge >= 0.3 is 0 Å². The predicted octanol–water partition coefficient (Wildman–Crippen LogP) is 2.87. The van der Waals surface area contributed by atoms with E-state index in [4.69, 9.17) is 4.42 Å². The van der Waals surface area contributed by atoms with E-state index in [1.807, 2.05) is 20.8 Å². The molecule has 0 amide bonds. The van der Waals surface area contributed by atoms with E-state index < -0.39 is 0 Å². The summed E-state index contributed by atoms with van der Waals surface area (Å²) in [6, 6.07) is 0. The quantitative estimate of drug-likeness (QED) is 0.853. The summed E-state index contributed by atoms with van der Waals surface area (Å²) in [6.45, 7) is 12.4. The van der Waals surface area contributed by atoms with Gasteiger partial charge in [-0.25, -0.2) is 4.98 Å². The molecule has 0 radical (unpaired) electrons. The van der Waals surface area contributed by atoms with E-state index in [9.17, 15) is 4.79 Å². The van der Waals surface area contributed by atoms with Crippen molar-refractivity contribution < 1.29 is 4.42 Å². The lowest BCUT2D eigenvalue weighted by Crippen LogP contribution is -2.31. The molecule has 0 N–H and O–H groups in total. The number of hydrogen-bond donors (Lipinski definition) is 0. The minimum absolute atomic E-state index is 0.0922. The van der Waals surface area contributed by atoms with Crippen molar-refractivity contribution in [1.29, 1.82) is 0 Å². The summed E-state index contributed by atoms with van der Waals surface area (Å²) in [7, 11) is 0. The van der Waals surface area contributed by atoms with Gasteiger partial charge < -0.3 is 8.98 Å². The maximum absolute atomic E-state index is 12.5. The molecule has 0 aromatic carbocycles. The molecule has 0 saturated heterocycles. The number of nitrogens with zero attached hydrogens (tertiary/aromatic N) is 3. The highest BCUT2D eigenvalue weighted by Crippen LogP contribution is 2.23. The third-order valence-corrected chi connectivity index (χ3v) is 3.22. The fourth-order valence-electron chi connectivity index (χ4n) is 1.96. The van der Waals surface area contributed by atoms with Crippen LogP contribution in [0.5, 0.6) is 0 Å². The highest BCUT2D eigenvalue weighted by molar-refractivity contribution is 5.10. The molecule has 2 rings (SSSR count). The van der Waals surface area contributed by atoms with Crippen molar-refractivity contribution in [3.05, 3.63) is 46.3 Å². The van der Waals surface area contributed by atoms with Gasteiger partial charge in [-0.3, -0.25) is 9.78 Å². The maximum Gasteiger partial charge on any atom is 0.273 e. The molecule has 0 unspecified atom stereocenters. The van der Waals surface area contributed by atoms with Crippen molar-refractivity contribution in [2.24, 2.45) is 0 Å². The highest BCUT2D eigenvalue weighted by atomic mass is 16.4. The second-order valence-electron chi connectivity index (χ2n) is 7.33. The van der Waals surface area contributed by atoms with Crippen molar-refractivity contribution in [2.75, 3.05) is 0 Å². The maximum atomic E-state index is 12.5. The zero-order valence-electron chi connectivity index (χ0n) is 13.6. The number of aromatic nitrogens is 3. The molecule has 0 spiro atoms. The second kappa shape index (κ2) is 5.13. The zero-order chi connectivity index (χ0) is 15.8. The van der Waals surface area contributed by atoms with E-state index in [2.05, 4.69) is 30.7 Å². The Bertz CT molecular complexity index is 685. The lowest BCUT2D eigenvalue weighted by Gasteiger charge is -2.17. The molecule has 114 valence electrons. The van der Waals surface area contributed by atoms with Crippen molar-refractivity contribution in [3.8, 4) is 0 Å². The summed E-state index contributed by atoms with van der Waals surface area (Å²) in [6.07, 6.45) is 5.04. The summed E-state index contributed by atoms with van der Waals surface area (Å²) < 4.78 is 7.33. The van der Waals surface area contributed by atoms with E-state index in [0.717, 1.165) is 5.76 Å². The topological polar surface area (TPSA) is 60.9 Å². The minimum Gasteiger partial charge on any atom is -0.443 e. The Labute approximate surface area is 125 Å². The van der Waals surface area contributed by atoms with E-state index in [1.165, 1.54) is 0 Å². The predicted molar refractivity (Wildman–Crippen MR) is 81.5 cm³/mol. The number of hydrogen-bond acceptors (Lipinski definition) is 4. The van der Waals surface area contributed by atoms with Gasteiger partial charge in [-0.05, 0) is 0 Å². The monoisotopic (exact) mass is 289 g/mol. The van der Waals surface area contributed by atoms with Gasteiger partial charge in [0.2, 0.25) is 5.89 Å². The fraction of sp³-hybridized carbons (Fsp3) is 0.562. The van der Waals surface area contributed by atoms with E-state index in [-0.39, 0.29) is 16.4 Å². The van der Waals surface area contributed by atoms with Gasteiger partial charge in [0, 0.05) is 23.2 Å². The van der Waals surface area contributed by atoms with Crippen LogP contribution in [0.2, 0.25) is 0 Å². The first-order chi connectivity index (χ1) is 9.59. The van der Waals surface area contributed by atoms with E-state index >= 15 is 0 Å². The molecular formula is C16H23N3O2. The first-order valence-electron chi connectivity index (χ1n) is 7.10. The molecule has 0 aliphatic rings. The van der Waals surface area contributed by atoms with Crippen LogP contribution in [0.25, 0.3) is 0 Å². The molecule has 0 bridgehead atoms. The van der Waals surface area contributed by atoms with Gasteiger partial charge in [-0.2, -0.15) is 0 Å². The molecule has 0 fully saturated rings. The smallest absolute Gasteiger partial charge is 0.273 e. The van der Waals surface area contributed by atoms with Crippen molar-refractivity contribution >= 4 is 0 Å². The lowest BCUT2D eigenvalue weighted by atomic mass is 9.92. The average Bonchev–Trinajstić information content (AvgIpc) is 2.78. The van der Waals surface area contributed by atoms with Crippen molar-refractivity contribution in [1.82, 2.24) is 14.5 Å². The minimum atomic E-state index is -0.284. The van der Waals surface area contributed by atoms with Gasteiger partial charge in [0.05, 0.1) is 6.20 Å². The normalized spacial score (nSPS) is 12.7. The fourth-order valence-corrected chi connectivity index (χ4v) is 1.96. The zero-order valence-corrected chi connectivity index (χ0v) is 13.6. The Balaban J connectivity index is 2.33. The first-order valence-corrected chi connectivity index (χ1v) is 7.10. The van der Waals surface area contributed by atoms with Crippen molar-refractivity contribution in [2.45, 2.75) is 58.9 Å². The van der Waals surface area contributed by atoms with Gasteiger partial charge in [0.25, 0.3) is 5.56 Å². The molecule has 21 heavy (non-hydrogen) atoms. The number of oxazole rings is 1. The average molecular weight is 289 g/mol. The Morgan fingerprint density at radius 2 is 1.76 bits per heavy atom. The lowest BCUT2D eigenvalue weighted by molar-refractivity contribution is 0.374. The van der Waals surface area contributed by atoms with Crippen LogP contribution < -0.4 is 5.56 Å². The molecule has 0 saturated carbocycles. The molecule has 5 nitrogen and oxygen atoms in total. The summed E-state index contributed by atoms with van der Waals surface area (Å²) in [5, 5.41) is 0. The molecule has 2 heterocycles. The van der Waals surface area contributed by atoms with Crippen molar-refractivity contribution in [3.63, 3.8) is 0 Å². The summed E-state index contributed by atoms with van der Waals surface area (Å²) in [4.78, 5) is 20.9. The molecule has 0 atom stereocenters. The molecule has 5 heteroatoms. The van der Waals surface area contributed by atoms with E-state index in [0.29, 0.717) is 18.1 Å². The van der Waals surface area contributed by atoms with Crippen LogP contribution in [0.1, 0.15) is 58.9 Å². The molecule has 2 aromatic heterocycles. The third kappa shape index (κ3) is 3.40. The van der Waals surface area contributed by atoms with Crippen LogP contribution in [0, 0.1) is 0 Å². The van der Waals surface area contributed by atoms with Crippen LogP contribution in [-0.2, 0) is 17.4 Å². The van der Waals surface area contributed by atoms with Gasteiger partial charge in [0.15, 0.2) is 0 Å². The molecule has 2 aromatic rings. The Kier molecular flexibility index (Phi) is 3.78. The molecular weight excluding hydrogens is 266 g/mol.